The largest absolute Gasteiger partial charge is 0.381 e. The van der Waals surface area contributed by atoms with Crippen LogP contribution in [0.3, 0.4) is 0 Å². The van der Waals surface area contributed by atoms with Gasteiger partial charge in [-0.2, -0.15) is 0 Å². The van der Waals surface area contributed by atoms with E-state index in [-0.39, 0.29) is 5.54 Å². The average Bonchev–Trinajstić information content (AvgIpc) is 2.42. The van der Waals surface area contributed by atoms with E-state index >= 15 is 0 Å². The van der Waals surface area contributed by atoms with Gasteiger partial charge in [-0.15, -0.1) is 0 Å². The fraction of sp³-hybridized carbons (Fsp3) is 0.571. The smallest absolute Gasteiger partial charge is 0.0595 e. The SMILES string of the molecule is CNC1(c2ccc(Cl)c(Cl)c2)CCC(OC)CC1. The Morgan fingerprint density at radius 1 is 1.22 bits per heavy atom. The molecule has 18 heavy (non-hydrogen) atoms. The normalized spacial score (nSPS) is 28.3. The topological polar surface area (TPSA) is 21.3 Å². The van der Waals surface area contributed by atoms with Crippen molar-refractivity contribution in [1.29, 1.82) is 0 Å². The van der Waals surface area contributed by atoms with Crippen LogP contribution in [0.15, 0.2) is 18.2 Å². The fourth-order valence-electron chi connectivity index (χ4n) is 2.80. The van der Waals surface area contributed by atoms with Crippen molar-refractivity contribution in [3.8, 4) is 0 Å². The van der Waals surface area contributed by atoms with Crippen LogP contribution in [-0.2, 0) is 10.3 Å². The number of halogens is 2. The predicted octanol–water partition coefficient (Wildman–Crippen LogP) is 4.00. The highest BCUT2D eigenvalue weighted by Crippen LogP contribution is 2.39. The molecule has 0 radical (unpaired) electrons. The number of nitrogens with one attached hydrogen (secondary N) is 1. The van der Waals surface area contributed by atoms with Crippen LogP contribution in [0.4, 0.5) is 0 Å². The van der Waals surface area contributed by atoms with Gasteiger partial charge >= 0.3 is 0 Å². The molecular formula is C14H19Cl2NO. The van der Waals surface area contributed by atoms with E-state index in [0.29, 0.717) is 16.1 Å². The Bertz CT molecular complexity index is 414. The zero-order valence-electron chi connectivity index (χ0n) is 10.8. The Labute approximate surface area is 119 Å². The van der Waals surface area contributed by atoms with Gasteiger partial charge in [-0.1, -0.05) is 29.3 Å². The van der Waals surface area contributed by atoms with Crippen molar-refractivity contribution in [3.63, 3.8) is 0 Å². The van der Waals surface area contributed by atoms with E-state index < -0.39 is 0 Å². The maximum Gasteiger partial charge on any atom is 0.0595 e. The monoisotopic (exact) mass is 287 g/mol. The lowest BCUT2D eigenvalue weighted by molar-refractivity contribution is 0.0423. The number of methoxy groups -OCH3 is 1. The Morgan fingerprint density at radius 3 is 2.39 bits per heavy atom. The quantitative estimate of drug-likeness (QED) is 0.907. The number of ether oxygens (including phenoxy) is 1. The first-order chi connectivity index (χ1) is 8.61. The van der Waals surface area contributed by atoms with Gasteiger partial charge in [0.25, 0.3) is 0 Å². The molecule has 2 nitrogen and oxygen atoms in total. The van der Waals surface area contributed by atoms with Gasteiger partial charge in [0.2, 0.25) is 0 Å². The second-order valence-corrected chi connectivity index (χ2v) is 5.71. The van der Waals surface area contributed by atoms with Crippen LogP contribution in [0.1, 0.15) is 31.2 Å². The summed E-state index contributed by atoms with van der Waals surface area (Å²) in [5, 5.41) is 4.70. The third kappa shape index (κ3) is 2.67. The average molecular weight is 288 g/mol. The van der Waals surface area contributed by atoms with Crippen molar-refractivity contribution in [2.24, 2.45) is 0 Å². The van der Waals surface area contributed by atoms with Crippen molar-refractivity contribution in [2.45, 2.75) is 37.3 Å². The molecule has 1 fully saturated rings. The zero-order chi connectivity index (χ0) is 13.2. The van der Waals surface area contributed by atoms with Gasteiger partial charge in [-0.05, 0) is 50.4 Å². The Hall–Kier alpha value is -0.280. The van der Waals surface area contributed by atoms with Gasteiger partial charge in [0, 0.05) is 12.6 Å². The molecule has 0 spiro atoms. The molecule has 0 saturated heterocycles. The molecule has 2 rings (SSSR count). The highest BCUT2D eigenvalue weighted by atomic mass is 35.5. The molecule has 1 aliphatic rings. The summed E-state index contributed by atoms with van der Waals surface area (Å²) in [7, 11) is 3.80. The summed E-state index contributed by atoms with van der Waals surface area (Å²) in [5.74, 6) is 0. The molecule has 4 heteroatoms. The first-order valence-electron chi connectivity index (χ1n) is 6.28. The van der Waals surface area contributed by atoms with Gasteiger partial charge in [0.15, 0.2) is 0 Å². The van der Waals surface area contributed by atoms with Crippen molar-refractivity contribution in [2.75, 3.05) is 14.2 Å². The van der Waals surface area contributed by atoms with E-state index in [4.69, 9.17) is 27.9 Å². The molecule has 0 heterocycles. The Kier molecular flexibility index (Phi) is 4.54. The summed E-state index contributed by atoms with van der Waals surface area (Å²) in [6, 6.07) is 5.92. The first-order valence-corrected chi connectivity index (χ1v) is 7.04. The van der Waals surface area contributed by atoms with E-state index in [1.807, 2.05) is 19.2 Å². The lowest BCUT2D eigenvalue weighted by Crippen LogP contribution is -2.44. The van der Waals surface area contributed by atoms with E-state index in [0.717, 1.165) is 25.7 Å². The summed E-state index contributed by atoms with van der Waals surface area (Å²) < 4.78 is 5.43. The van der Waals surface area contributed by atoms with E-state index in [9.17, 15) is 0 Å². The van der Waals surface area contributed by atoms with Crippen molar-refractivity contribution >= 4 is 23.2 Å². The molecule has 1 aromatic rings. The number of hydrogen-bond acceptors (Lipinski definition) is 2. The molecule has 100 valence electrons. The lowest BCUT2D eigenvalue weighted by atomic mass is 9.75. The minimum atomic E-state index is 0.00323. The highest BCUT2D eigenvalue weighted by Gasteiger charge is 2.35. The molecule has 0 unspecified atom stereocenters. The maximum absolute atomic E-state index is 6.12. The lowest BCUT2D eigenvalue weighted by Gasteiger charge is -2.40. The summed E-state index contributed by atoms with van der Waals surface area (Å²) in [4.78, 5) is 0. The molecule has 1 saturated carbocycles. The molecule has 0 bridgehead atoms. The molecule has 0 aliphatic heterocycles. The molecule has 1 aromatic carbocycles. The van der Waals surface area contributed by atoms with Crippen molar-refractivity contribution in [1.82, 2.24) is 5.32 Å². The third-order valence-corrected chi connectivity index (χ3v) is 4.81. The van der Waals surface area contributed by atoms with Gasteiger partial charge in [0.1, 0.15) is 0 Å². The van der Waals surface area contributed by atoms with Crippen molar-refractivity contribution in [3.05, 3.63) is 33.8 Å². The summed E-state index contributed by atoms with van der Waals surface area (Å²) in [6.07, 6.45) is 4.63. The molecule has 0 amide bonds. The molecule has 1 N–H and O–H groups in total. The minimum Gasteiger partial charge on any atom is -0.381 e. The predicted molar refractivity (Wildman–Crippen MR) is 76.5 cm³/mol. The standard InChI is InChI=1S/C14H19Cl2NO/c1-17-14(7-5-11(18-2)6-8-14)10-3-4-12(15)13(16)9-10/h3-4,9,11,17H,5-8H2,1-2H3. The van der Waals surface area contributed by atoms with Crippen LogP contribution >= 0.6 is 23.2 Å². The van der Waals surface area contributed by atoms with Crippen molar-refractivity contribution < 1.29 is 4.74 Å². The van der Waals surface area contributed by atoms with Crippen LogP contribution in [0.5, 0.6) is 0 Å². The van der Waals surface area contributed by atoms with Crippen LogP contribution in [-0.4, -0.2) is 20.3 Å². The van der Waals surface area contributed by atoms with Gasteiger partial charge in [-0.25, -0.2) is 0 Å². The van der Waals surface area contributed by atoms with Gasteiger partial charge in [0.05, 0.1) is 16.1 Å². The molecule has 0 aromatic heterocycles. The third-order valence-electron chi connectivity index (χ3n) is 4.07. The summed E-state index contributed by atoms with van der Waals surface area (Å²) in [5.41, 5.74) is 1.22. The molecule has 1 aliphatic carbocycles. The zero-order valence-corrected chi connectivity index (χ0v) is 12.3. The van der Waals surface area contributed by atoms with E-state index in [1.54, 1.807) is 7.11 Å². The fourth-order valence-corrected chi connectivity index (χ4v) is 3.09. The Balaban J connectivity index is 2.25. The first kappa shape index (κ1) is 14.1. The van der Waals surface area contributed by atoms with Crippen LogP contribution in [0, 0.1) is 0 Å². The van der Waals surface area contributed by atoms with Gasteiger partial charge < -0.3 is 10.1 Å². The van der Waals surface area contributed by atoms with E-state index in [2.05, 4.69) is 11.4 Å². The number of rotatable bonds is 3. The van der Waals surface area contributed by atoms with Crippen LogP contribution < -0.4 is 5.32 Å². The van der Waals surface area contributed by atoms with Gasteiger partial charge in [-0.3, -0.25) is 0 Å². The number of hydrogen-bond donors (Lipinski definition) is 1. The number of benzene rings is 1. The molecule has 0 atom stereocenters. The van der Waals surface area contributed by atoms with Crippen LogP contribution in [0.25, 0.3) is 0 Å². The second-order valence-electron chi connectivity index (χ2n) is 4.90. The maximum atomic E-state index is 6.12. The summed E-state index contributed by atoms with van der Waals surface area (Å²) >= 11 is 12.1. The minimum absolute atomic E-state index is 0.00323. The highest BCUT2D eigenvalue weighted by molar-refractivity contribution is 6.42. The van der Waals surface area contributed by atoms with E-state index in [1.165, 1.54) is 5.56 Å². The second kappa shape index (κ2) is 5.79. The summed E-state index contributed by atoms with van der Waals surface area (Å²) in [6.45, 7) is 0. The molecular weight excluding hydrogens is 269 g/mol. The Morgan fingerprint density at radius 2 is 1.89 bits per heavy atom. The van der Waals surface area contributed by atoms with Crippen LogP contribution in [0.2, 0.25) is 10.0 Å².